The van der Waals surface area contributed by atoms with Crippen LogP contribution in [0.3, 0.4) is 0 Å². The molecule has 0 unspecified atom stereocenters. The molecule has 8 heteroatoms. The van der Waals surface area contributed by atoms with Crippen LogP contribution in [0.2, 0.25) is 0 Å². The molecule has 0 aromatic carbocycles. The average Bonchev–Trinajstić information content (AvgIpc) is 2.46. The van der Waals surface area contributed by atoms with E-state index in [1.807, 2.05) is 0 Å². The Labute approximate surface area is 88.2 Å². The Kier molecular flexibility index (Phi) is 3.20. The van der Waals surface area contributed by atoms with Crippen LogP contribution in [0, 0.1) is 0 Å². The van der Waals surface area contributed by atoms with Gasteiger partial charge in [0.05, 0.1) is 5.69 Å². The van der Waals surface area contributed by atoms with E-state index < -0.39 is 17.8 Å². The van der Waals surface area contributed by atoms with Gasteiger partial charge in [-0.1, -0.05) is 18.6 Å². The van der Waals surface area contributed by atoms with Crippen LogP contribution in [-0.2, 0) is 19.4 Å². The van der Waals surface area contributed by atoms with Crippen molar-refractivity contribution in [2.45, 2.75) is 31.9 Å². The topological polar surface area (TPSA) is 30.7 Å². The molecule has 16 heavy (non-hydrogen) atoms. The molecule has 0 spiro atoms. The molecule has 0 amide bonds. The Morgan fingerprint density at radius 1 is 1.19 bits per heavy atom. The summed E-state index contributed by atoms with van der Waals surface area (Å²) in [4.78, 5) is 0. The van der Waals surface area contributed by atoms with E-state index >= 15 is 0 Å². The summed E-state index contributed by atoms with van der Waals surface area (Å²) in [6.45, 7) is 1.66. The summed E-state index contributed by atoms with van der Waals surface area (Å²) in [5, 5.41) is 6.52. The van der Waals surface area contributed by atoms with Gasteiger partial charge < -0.3 is 0 Å². The maximum atomic E-state index is 13.1. The average molecular weight is 243 g/mol. The van der Waals surface area contributed by atoms with Crippen LogP contribution in [0.15, 0.2) is 0 Å². The van der Waals surface area contributed by atoms with Crippen molar-refractivity contribution in [3.8, 4) is 0 Å². The normalized spacial score (nSPS) is 13.2. The van der Waals surface area contributed by atoms with Crippen molar-refractivity contribution in [1.29, 1.82) is 0 Å². The quantitative estimate of drug-likeness (QED) is 0.763. The van der Waals surface area contributed by atoms with Gasteiger partial charge >= 0.3 is 12.1 Å². The van der Waals surface area contributed by atoms with E-state index in [1.165, 1.54) is 0 Å². The van der Waals surface area contributed by atoms with E-state index in [9.17, 15) is 22.0 Å². The molecular weight excluding hydrogens is 233 g/mol. The molecule has 3 nitrogen and oxygen atoms in total. The molecule has 0 aliphatic rings. The number of hydrogen-bond acceptors (Lipinski definition) is 2. The van der Waals surface area contributed by atoms with Gasteiger partial charge in [0, 0.05) is 7.05 Å². The highest BCUT2D eigenvalue weighted by Gasteiger charge is 2.61. The summed E-state index contributed by atoms with van der Waals surface area (Å²) in [5.41, 5.74) is -1.49. The van der Waals surface area contributed by atoms with Crippen molar-refractivity contribution in [1.82, 2.24) is 15.0 Å². The highest BCUT2D eigenvalue weighted by Crippen LogP contribution is 2.44. The molecule has 0 aliphatic carbocycles. The lowest BCUT2D eigenvalue weighted by molar-refractivity contribution is -0.292. The van der Waals surface area contributed by atoms with E-state index in [4.69, 9.17) is 0 Å². The molecule has 0 bridgehead atoms. The minimum atomic E-state index is -5.63. The second-order valence-electron chi connectivity index (χ2n) is 3.33. The van der Waals surface area contributed by atoms with Gasteiger partial charge in [0.15, 0.2) is 0 Å². The van der Waals surface area contributed by atoms with Crippen molar-refractivity contribution < 1.29 is 22.0 Å². The molecule has 0 aliphatic heterocycles. The van der Waals surface area contributed by atoms with E-state index in [0.29, 0.717) is 11.1 Å². The zero-order chi connectivity index (χ0) is 12.6. The highest BCUT2D eigenvalue weighted by molar-refractivity contribution is 5.18. The van der Waals surface area contributed by atoms with Crippen LogP contribution >= 0.6 is 0 Å². The molecule has 0 saturated carbocycles. The second kappa shape index (κ2) is 3.99. The lowest BCUT2D eigenvalue weighted by atomic mass is 10.1. The molecule has 0 atom stereocenters. The van der Waals surface area contributed by atoms with E-state index in [1.54, 1.807) is 6.92 Å². The van der Waals surface area contributed by atoms with Gasteiger partial charge in [-0.25, -0.2) is 4.68 Å². The number of aryl methyl sites for hydroxylation is 2. The Bertz CT molecular complexity index is 368. The second-order valence-corrected chi connectivity index (χ2v) is 3.33. The van der Waals surface area contributed by atoms with Crippen LogP contribution in [-0.4, -0.2) is 21.2 Å². The van der Waals surface area contributed by atoms with Crippen molar-refractivity contribution in [3.63, 3.8) is 0 Å². The number of hydrogen-bond donors (Lipinski definition) is 0. The molecule has 1 heterocycles. The number of alkyl halides is 5. The van der Waals surface area contributed by atoms with Crippen LogP contribution in [0.5, 0.6) is 0 Å². The third-order valence-electron chi connectivity index (χ3n) is 2.04. The van der Waals surface area contributed by atoms with E-state index in [2.05, 4.69) is 10.3 Å². The lowest BCUT2D eigenvalue weighted by Gasteiger charge is -2.20. The minimum Gasteiger partial charge on any atom is -0.246 e. The largest absolute Gasteiger partial charge is 0.459 e. The van der Waals surface area contributed by atoms with Gasteiger partial charge in [-0.05, 0) is 6.42 Å². The summed E-state index contributed by atoms with van der Waals surface area (Å²) in [6, 6.07) is 0. The van der Waals surface area contributed by atoms with Crippen molar-refractivity contribution >= 4 is 0 Å². The summed E-state index contributed by atoms with van der Waals surface area (Å²) < 4.78 is 63.2. The number of halogens is 5. The number of nitrogens with zero attached hydrogens (tertiary/aromatic N) is 3. The van der Waals surface area contributed by atoms with Gasteiger partial charge in [-0.3, -0.25) is 0 Å². The predicted octanol–water partition coefficient (Wildman–Crippen LogP) is 2.42. The van der Waals surface area contributed by atoms with Crippen molar-refractivity contribution in [2.75, 3.05) is 0 Å². The fourth-order valence-electron chi connectivity index (χ4n) is 1.32. The van der Waals surface area contributed by atoms with Crippen molar-refractivity contribution in [2.24, 2.45) is 7.05 Å². The molecular formula is C8H10F5N3. The maximum Gasteiger partial charge on any atom is 0.459 e. The van der Waals surface area contributed by atoms with Crippen LogP contribution in [0.25, 0.3) is 0 Å². The summed E-state index contributed by atoms with van der Waals surface area (Å²) >= 11 is 0. The zero-order valence-corrected chi connectivity index (χ0v) is 8.65. The SMILES string of the molecule is CCCc1nnn(C)c1C(F)(F)C(F)(F)F. The summed E-state index contributed by atoms with van der Waals surface area (Å²) in [6.07, 6.45) is -5.18. The molecule has 0 N–H and O–H groups in total. The zero-order valence-electron chi connectivity index (χ0n) is 8.65. The van der Waals surface area contributed by atoms with E-state index in [0.717, 1.165) is 7.05 Å². The summed E-state index contributed by atoms with van der Waals surface area (Å²) in [5.74, 6) is -4.92. The number of rotatable bonds is 3. The Hall–Kier alpha value is -1.21. The van der Waals surface area contributed by atoms with Gasteiger partial charge in [-0.15, -0.1) is 5.10 Å². The Balaban J connectivity index is 3.25. The first-order valence-corrected chi connectivity index (χ1v) is 4.55. The molecule has 92 valence electrons. The van der Waals surface area contributed by atoms with Crippen LogP contribution in [0.4, 0.5) is 22.0 Å². The van der Waals surface area contributed by atoms with Crippen LogP contribution < -0.4 is 0 Å². The number of aromatic nitrogens is 3. The first kappa shape index (κ1) is 12.9. The predicted molar refractivity (Wildman–Crippen MR) is 44.9 cm³/mol. The molecule has 1 aromatic rings. The Morgan fingerprint density at radius 2 is 1.75 bits per heavy atom. The van der Waals surface area contributed by atoms with Gasteiger partial charge in [0.2, 0.25) is 0 Å². The van der Waals surface area contributed by atoms with Gasteiger partial charge in [-0.2, -0.15) is 22.0 Å². The molecule has 0 fully saturated rings. The van der Waals surface area contributed by atoms with Crippen LogP contribution in [0.1, 0.15) is 24.7 Å². The Morgan fingerprint density at radius 3 is 2.19 bits per heavy atom. The maximum absolute atomic E-state index is 13.1. The first-order valence-electron chi connectivity index (χ1n) is 4.55. The smallest absolute Gasteiger partial charge is 0.246 e. The monoisotopic (exact) mass is 243 g/mol. The highest BCUT2D eigenvalue weighted by atomic mass is 19.4. The summed E-state index contributed by atoms with van der Waals surface area (Å²) in [7, 11) is 1.02. The lowest BCUT2D eigenvalue weighted by Crippen LogP contribution is -2.36. The van der Waals surface area contributed by atoms with Gasteiger partial charge in [0.1, 0.15) is 5.69 Å². The molecule has 0 radical (unpaired) electrons. The third-order valence-corrected chi connectivity index (χ3v) is 2.04. The minimum absolute atomic E-state index is 0.0366. The van der Waals surface area contributed by atoms with Gasteiger partial charge in [0.25, 0.3) is 0 Å². The molecule has 0 saturated heterocycles. The fraction of sp³-hybridized carbons (Fsp3) is 0.750. The molecule has 1 aromatic heterocycles. The fourth-order valence-corrected chi connectivity index (χ4v) is 1.32. The molecule has 1 rings (SSSR count). The van der Waals surface area contributed by atoms with Crippen molar-refractivity contribution in [3.05, 3.63) is 11.4 Å². The third kappa shape index (κ3) is 2.00. The first-order chi connectivity index (χ1) is 7.21. The van der Waals surface area contributed by atoms with E-state index in [-0.39, 0.29) is 12.1 Å². The standard InChI is InChI=1S/C8H10F5N3/c1-3-4-5-6(16(2)15-14-5)7(9,10)8(11,12)13/h3-4H2,1-2H3.